The Labute approximate surface area is 146 Å². The molecule has 2 aromatic carbocycles. The molecule has 0 saturated carbocycles. The van der Waals surface area contributed by atoms with Crippen LogP contribution in [0, 0.1) is 25.2 Å². The summed E-state index contributed by atoms with van der Waals surface area (Å²) in [5, 5.41) is 14.0. The van der Waals surface area contributed by atoms with Gasteiger partial charge < -0.3 is 15.4 Å². The standard InChI is InChI=1S/C19H19N3O3/c1-13-4-3-5-14(2)19(13)22-17(23)11-21-18(24)12-25-16-8-6-15(10-20)7-9-16/h3-9H,11-12H2,1-2H3,(H,21,24)(H,22,23). The molecule has 128 valence electrons. The van der Waals surface area contributed by atoms with Gasteiger partial charge in [-0.3, -0.25) is 9.59 Å². The first-order valence-corrected chi connectivity index (χ1v) is 7.75. The molecule has 2 rings (SSSR count). The average Bonchev–Trinajstić information content (AvgIpc) is 2.62. The van der Waals surface area contributed by atoms with Crippen molar-refractivity contribution in [3.05, 3.63) is 59.2 Å². The van der Waals surface area contributed by atoms with Gasteiger partial charge in [0.05, 0.1) is 18.2 Å². The van der Waals surface area contributed by atoms with Crippen molar-refractivity contribution in [2.24, 2.45) is 0 Å². The van der Waals surface area contributed by atoms with Gasteiger partial charge in [0.1, 0.15) is 5.75 Å². The SMILES string of the molecule is Cc1cccc(C)c1NC(=O)CNC(=O)COc1ccc(C#N)cc1. The molecule has 0 heterocycles. The van der Waals surface area contributed by atoms with Crippen LogP contribution in [0.25, 0.3) is 0 Å². The predicted molar refractivity (Wildman–Crippen MR) is 94.2 cm³/mol. The number of hydrogen-bond donors (Lipinski definition) is 2. The quantitative estimate of drug-likeness (QED) is 0.846. The maximum atomic E-state index is 12.0. The van der Waals surface area contributed by atoms with Gasteiger partial charge in [-0.05, 0) is 49.2 Å². The number of nitrogens with zero attached hydrogens (tertiary/aromatic N) is 1. The highest BCUT2D eigenvalue weighted by molar-refractivity contribution is 5.95. The minimum atomic E-state index is -0.402. The minimum Gasteiger partial charge on any atom is -0.484 e. The van der Waals surface area contributed by atoms with Crippen LogP contribution in [0.2, 0.25) is 0 Å². The second-order valence-corrected chi connectivity index (χ2v) is 5.52. The molecule has 6 nitrogen and oxygen atoms in total. The van der Waals surface area contributed by atoms with E-state index in [4.69, 9.17) is 10.00 Å². The van der Waals surface area contributed by atoms with Crippen molar-refractivity contribution in [3.63, 3.8) is 0 Å². The second-order valence-electron chi connectivity index (χ2n) is 5.52. The molecule has 25 heavy (non-hydrogen) atoms. The highest BCUT2D eigenvalue weighted by atomic mass is 16.5. The predicted octanol–water partition coefficient (Wildman–Crippen LogP) is 2.31. The van der Waals surface area contributed by atoms with E-state index in [9.17, 15) is 9.59 Å². The Kier molecular flexibility index (Phi) is 6.13. The summed E-state index contributed by atoms with van der Waals surface area (Å²) in [6.07, 6.45) is 0. The van der Waals surface area contributed by atoms with E-state index in [0.717, 1.165) is 16.8 Å². The summed E-state index contributed by atoms with van der Waals surface area (Å²) in [5.74, 6) is -0.223. The lowest BCUT2D eigenvalue weighted by Gasteiger charge is -2.12. The Morgan fingerprint density at radius 3 is 2.28 bits per heavy atom. The normalized spacial score (nSPS) is 9.80. The van der Waals surface area contributed by atoms with Crippen molar-refractivity contribution in [2.45, 2.75) is 13.8 Å². The third-order valence-corrected chi connectivity index (χ3v) is 3.55. The molecule has 0 bridgehead atoms. The van der Waals surface area contributed by atoms with Gasteiger partial charge in [-0.15, -0.1) is 0 Å². The van der Waals surface area contributed by atoms with Crippen LogP contribution in [0.5, 0.6) is 5.75 Å². The molecule has 0 aromatic heterocycles. The number of anilines is 1. The number of benzene rings is 2. The van der Waals surface area contributed by atoms with Crippen LogP contribution in [0.1, 0.15) is 16.7 Å². The third kappa shape index (κ3) is 5.36. The Balaban J connectivity index is 1.77. The summed E-state index contributed by atoms with van der Waals surface area (Å²) in [5.41, 5.74) is 3.20. The van der Waals surface area contributed by atoms with Gasteiger partial charge in [0, 0.05) is 5.69 Å². The number of carbonyl (C=O) groups excluding carboxylic acids is 2. The number of aryl methyl sites for hydroxylation is 2. The van der Waals surface area contributed by atoms with E-state index in [1.165, 1.54) is 0 Å². The number of amides is 2. The molecule has 0 saturated heterocycles. The number of para-hydroxylation sites is 1. The number of ether oxygens (including phenoxy) is 1. The highest BCUT2D eigenvalue weighted by Crippen LogP contribution is 2.19. The van der Waals surface area contributed by atoms with Crippen molar-refractivity contribution >= 4 is 17.5 Å². The molecule has 0 aliphatic rings. The lowest BCUT2D eigenvalue weighted by atomic mass is 10.1. The fraction of sp³-hybridized carbons (Fsp3) is 0.211. The summed E-state index contributed by atoms with van der Waals surface area (Å²) in [6.45, 7) is 3.48. The van der Waals surface area contributed by atoms with Crippen molar-refractivity contribution in [3.8, 4) is 11.8 Å². The molecular weight excluding hydrogens is 318 g/mol. The molecule has 0 aliphatic heterocycles. The van der Waals surface area contributed by atoms with Crippen LogP contribution >= 0.6 is 0 Å². The molecule has 2 amide bonds. The van der Waals surface area contributed by atoms with Crippen LogP contribution in [-0.2, 0) is 9.59 Å². The van der Waals surface area contributed by atoms with Crippen molar-refractivity contribution in [1.29, 1.82) is 5.26 Å². The summed E-state index contributed by atoms with van der Waals surface area (Å²) < 4.78 is 5.30. The summed E-state index contributed by atoms with van der Waals surface area (Å²) in [7, 11) is 0. The van der Waals surface area contributed by atoms with Gasteiger partial charge in [-0.2, -0.15) is 5.26 Å². The maximum absolute atomic E-state index is 12.0. The van der Waals surface area contributed by atoms with E-state index in [2.05, 4.69) is 10.6 Å². The largest absolute Gasteiger partial charge is 0.484 e. The maximum Gasteiger partial charge on any atom is 0.258 e. The third-order valence-electron chi connectivity index (χ3n) is 3.55. The van der Waals surface area contributed by atoms with Crippen molar-refractivity contribution in [1.82, 2.24) is 5.32 Å². The molecule has 6 heteroatoms. The van der Waals surface area contributed by atoms with E-state index < -0.39 is 5.91 Å². The van der Waals surface area contributed by atoms with Gasteiger partial charge in [0.25, 0.3) is 5.91 Å². The Hall–Kier alpha value is -3.33. The number of rotatable bonds is 6. The van der Waals surface area contributed by atoms with E-state index in [0.29, 0.717) is 11.3 Å². The number of carbonyl (C=O) groups is 2. The zero-order chi connectivity index (χ0) is 18.2. The molecular formula is C19H19N3O3. The first kappa shape index (κ1) is 18.0. The smallest absolute Gasteiger partial charge is 0.258 e. The van der Waals surface area contributed by atoms with Crippen LogP contribution in [0.15, 0.2) is 42.5 Å². The monoisotopic (exact) mass is 337 g/mol. The van der Waals surface area contributed by atoms with Gasteiger partial charge >= 0.3 is 0 Å². The Bertz CT molecular complexity index is 787. The summed E-state index contributed by atoms with van der Waals surface area (Å²) >= 11 is 0. The second kappa shape index (κ2) is 8.50. The van der Waals surface area contributed by atoms with Crippen LogP contribution in [0.4, 0.5) is 5.69 Å². The number of nitrogens with one attached hydrogen (secondary N) is 2. The summed E-state index contributed by atoms with van der Waals surface area (Å²) in [4.78, 5) is 23.7. The fourth-order valence-corrected chi connectivity index (χ4v) is 2.20. The first-order valence-electron chi connectivity index (χ1n) is 7.75. The first-order chi connectivity index (χ1) is 12.0. The molecule has 0 aliphatic carbocycles. The average molecular weight is 337 g/mol. The van der Waals surface area contributed by atoms with Crippen LogP contribution in [0.3, 0.4) is 0 Å². The molecule has 0 spiro atoms. The molecule has 0 radical (unpaired) electrons. The lowest BCUT2D eigenvalue weighted by molar-refractivity contribution is -0.125. The van der Waals surface area contributed by atoms with E-state index in [-0.39, 0.29) is 19.1 Å². The fourth-order valence-electron chi connectivity index (χ4n) is 2.20. The summed E-state index contributed by atoms with van der Waals surface area (Å²) in [6, 6.07) is 14.2. The zero-order valence-corrected chi connectivity index (χ0v) is 14.1. The number of nitriles is 1. The van der Waals surface area contributed by atoms with Crippen LogP contribution in [-0.4, -0.2) is 25.0 Å². The van der Waals surface area contributed by atoms with Crippen LogP contribution < -0.4 is 15.4 Å². The van der Waals surface area contributed by atoms with E-state index >= 15 is 0 Å². The lowest BCUT2D eigenvalue weighted by Crippen LogP contribution is -2.36. The van der Waals surface area contributed by atoms with Gasteiger partial charge in [-0.1, -0.05) is 18.2 Å². The molecule has 0 atom stereocenters. The minimum absolute atomic E-state index is 0.136. The van der Waals surface area contributed by atoms with Gasteiger partial charge in [-0.25, -0.2) is 0 Å². The molecule has 2 aromatic rings. The van der Waals surface area contributed by atoms with E-state index in [1.807, 2.05) is 38.1 Å². The van der Waals surface area contributed by atoms with Gasteiger partial charge in [0.15, 0.2) is 6.61 Å². The zero-order valence-electron chi connectivity index (χ0n) is 14.1. The Morgan fingerprint density at radius 1 is 1.04 bits per heavy atom. The van der Waals surface area contributed by atoms with Crippen molar-refractivity contribution < 1.29 is 14.3 Å². The molecule has 2 N–H and O–H groups in total. The molecule has 0 fully saturated rings. The number of hydrogen-bond acceptors (Lipinski definition) is 4. The highest BCUT2D eigenvalue weighted by Gasteiger charge is 2.09. The van der Waals surface area contributed by atoms with E-state index in [1.54, 1.807) is 24.3 Å². The van der Waals surface area contributed by atoms with Crippen molar-refractivity contribution in [2.75, 3.05) is 18.5 Å². The topological polar surface area (TPSA) is 91.2 Å². The molecule has 0 unspecified atom stereocenters. The van der Waals surface area contributed by atoms with Gasteiger partial charge in [0.2, 0.25) is 5.91 Å². The Morgan fingerprint density at radius 2 is 1.68 bits per heavy atom.